The first-order valence-corrected chi connectivity index (χ1v) is 5.64. The van der Waals surface area contributed by atoms with Crippen molar-refractivity contribution in [3.8, 4) is 0 Å². The Morgan fingerprint density at radius 3 is 2.92 bits per heavy atom. The van der Waals surface area contributed by atoms with Crippen LogP contribution in [0.25, 0.3) is 6.08 Å². The van der Waals surface area contributed by atoms with E-state index in [1.807, 2.05) is 6.07 Å². The average Bonchev–Trinajstić information content (AvgIpc) is 2.62. The van der Waals surface area contributed by atoms with Crippen molar-refractivity contribution in [2.24, 2.45) is 5.73 Å². The van der Waals surface area contributed by atoms with Gasteiger partial charge in [-0.2, -0.15) is 0 Å². The molecule has 1 aliphatic carbocycles. The highest BCUT2D eigenvalue weighted by Crippen LogP contribution is 2.29. The van der Waals surface area contributed by atoms with E-state index in [0.29, 0.717) is 6.04 Å². The molecular formula is C10H12ClNS. The van der Waals surface area contributed by atoms with Crippen molar-refractivity contribution >= 4 is 29.0 Å². The maximum atomic E-state index is 5.84. The van der Waals surface area contributed by atoms with E-state index in [1.165, 1.54) is 10.5 Å². The van der Waals surface area contributed by atoms with Crippen LogP contribution in [0.2, 0.25) is 4.34 Å². The Morgan fingerprint density at radius 2 is 2.38 bits per heavy atom. The molecule has 0 saturated heterocycles. The zero-order chi connectivity index (χ0) is 9.26. The molecule has 1 fully saturated rings. The summed E-state index contributed by atoms with van der Waals surface area (Å²) in [6, 6.07) is 4.37. The second-order valence-corrected chi connectivity index (χ2v) is 5.19. The van der Waals surface area contributed by atoms with Crippen LogP contribution in [0, 0.1) is 0 Å². The van der Waals surface area contributed by atoms with Gasteiger partial charge >= 0.3 is 0 Å². The summed E-state index contributed by atoms with van der Waals surface area (Å²) in [4.78, 5) is 1.24. The summed E-state index contributed by atoms with van der Waals surface area (Å²) < 4.78 is 0.856. The summed E-state index contributed by atoms with van der Waals surface area (Å²) in [5.41, 5.74) is 7.28. The van der Waals surface area contributed by atoms with E-state index < -0.39 is 0 Å². The second kappa shape index (κ2) is 3.82. The Bertz CT molecular complexity index is 329. The van der Waals surface area contributed by atoms with E-state index >= 15 is 0 Å². The van der Waals surface area contributed by atoms with Gasteiger partial charge in [0.25, 0.3) is 0 Å². The van der Waals surface area contributed by atoms with Crippen molar-refractivity contribution in [1.82, 2.24) is 0 Å². The Hall–Kier alpha value is -0.310. The SMILES string of the molecule is NC1CCC(=Cc2ccc(Cl)s2)C1. The Kier molecular flexibility index (Phi) is 2.72. The molecule has 1 atom stereocenters. The van der Waals surface area contributed by atoms with Gasteiger partial charge < -0.3 is 5.73 Å². The third-order valence-corrected chi connectivity index (χ3v) is 3.48. The molecule has 0 radical (unpaired) electrons. The molecule has 1 aliphatic rings. The summed E-state index contributed by atoms with van der Waals surface area (Å²) in [5, 5.41) is 0. The molecule has 1 aromatic rings. The molecule has 70 valence electrons. The molecule has 0 bridgehead atoms. The van der Waals surface area contributed by atoms with Crippen LogP contribution in [0.1, 0.15) is 24.1 Å². The molecule has 13 heavy (non-hydrogen) atoms. The Morgan fingerprint density at radius 1 is 1.54 bits per heavy atom. The predicted molar refractivity (Wildman–Crippen MR) is 59.1 cm³/mol. The lowest BCUT2D eigenvalue weighted by Crippen LogP contribution is -2.13. The molecular weight excluding hydrogens is 202 g/mol. The molecule has 1 aromatic heterocycles. The fourth-order valence-corrected chi connectivity index (χ4v) is 2.70. The summed E-state index contributed by atoms with van der Waals surface area (Å²) in [5.74, 6) is 0. The molecule has 0 amide bonds. The Labute approximate surface area is 87.2 Å². The van der Waals surface area contributed by atoms with Gasteiger partial charge in [0.15, 0.2) is 0 Å². The minimum Gasteiger partial charge on any atom is -0.327 e. The minimum absolute atomic E-state index is 0.377. The smallest absolute Gasteiger partial charge is 0.0934 e. The zero-order valence-electron chi connectivity index (χ0n) is 7.29. The van der Waals surface area contributed by atoms with Crippen molar-refractivity contribution in [1.29, 1.82) is 0 Å². The van der Waals surface area contributed by atoms with Crippen molar-refractivity contribution in [2.75, 3.05) is 0 Å². The van der Waals surface area contributed by atoms with Gasteiger partial charge in [0.2, 0.25) is 0 Å². The number of nitrogens with two attached hydrogens (primary N) is 1. The fourth-order valence-electron chi connectivity index (χ4n) is 1.65. The van der Waals surface area contributed by atoms with Gasteiger partial charge in [-0.3, -0.25) is 0 Å². The highest BCUT2D eigenvalue weighted by molar-refractivity contribution is 7.17. The van der Waals surface area contributed by atoms with E-state index in [1.54, 1.807) is 11.3 Å². The van der Waals surface area contributed by atoms with Crippen LogP contribution in [-0.2, 0) is 0 Å². The van der Waals surface area contributed by atoms with E-state index in [2.05, 4.69) is 12.1 Å². The summed E-state index contributed by atoms with van der Waals surface area (Å²) in [6.45, 7) is 0. The van der Waals surface area contributed by atoms with Crippen LogP contribution in [0.3, 0.4) is 0 Å². The molecule has 3 heteroatoms. The van der Waals surface area contributed by atoms with Crippen molar-refractivity contribution in [3.05, 3.63) is 26.9 Å². The lowest BCUT2D eigenvalue weighted by molar-refractivity contribution is 0.711. The maximum absolute atomic E-state index is 5.84. The molecule has 0 spiro atoms. The van der Waals surface area contributed by atoms with Crippen molar-refractivity contribution in [3.63, 3.8) is 0 Å². The molecule has 1 unspecified atom stereocenters. The average molecular weight is 214 g/mol. The summed E-state index contributed by atoms with van der Waals surface area (Å²) in [7, 11) is 0. The fraction of sp³-hybridized carbons (Fsp3) is 0.400. The molecule has 0 aliphatic heterocycles. The molecule has 1 heterocycles. The molecule has 2 N–H and O–H groups in total. The highest BCUT2D eigenvalue weighted by atomic mass is 35.5. The predicted octanol–water partition coefficient (Wildman–Crippen LogP) is 3.30. The number of halogens is 1. The quantitative estimate of drug-likeness (QED) is 0.761. The lowest BCUT2D eigenvalue weighted by Gasteiger charge is -1.95. The zero-order valence-corrected chi connectivity index (χ0v) is 8.87. The van der Waals surface area contributed by atoms with Gasteiger partial charge in [-0.1, -0.05) is 17.2 Å². The van der Waals surface area contributed by atoms with Crippen LogP contribution in [0.4, 0.5) is 0 Å². The van der Waals surface area contributed by atoms with Crippen LogP contribution < -0.4 is 5.73 Å². The van der Waals surface area contributed by atoms with Gasteiger partial charge in [0.05, 0.1) is 4.34 Å². The van der Waals surface area contributed by atoms with Crippen LogP contribution in [0.5, 0.6) is 0 Å². The van der Waals surface area contributed by atoms with Crippen molar-refractivity contribution in [2.45, 2.75) is 25.3 Å². The third kappa shape index (κ3) is 2.33. The van der Waals surface area contributed by atoms with E-state index in [0.717, 1.165) is 23.6 Å². The molecule has 0 aromatic carbocycles. The van der Waals surface area contributed by atoms with Crippen LogP contribution in [0.15, 0.2) is 17.7 Å². The van der Waals surface area contributed by atoms with Crippen LogP contribution in [-0.4, -0.2) is 6.04 Å². The van der Waals surface area contributed by atoms with Gasteiger partial charge in [-0.25, -0.2) is 0 Å². The highest BCUT2D eigenvalue weighted by Gasteiger charge is 2.14. The normalized spacial score (nSPS) is 25.7. The number of thiophene rings is 1. The van der Waals surface area contributed by atoms with E-state index in [4.69, 9.17) is 17.3 Å². The minimum atomic E-state index is 0.377. The van der Waals surface area contributed by atoms with E-state index in [9.17, 15) is 0 Å². The molecule has 1 saturated carbocycles. The first kappa shape index (κ1) is 9.25. The van der Waals surface area contributed by atoms with Crippen molar-refractivity contribution < 1.29 is 0 Å². The number of rotatable bonds is 1. The number of hydrogen-bond acceptors (Lipinski definition) is 2. The van der Waals surface area contributed by atoms with E-state index in [-0.39, 0.29) is 0 Å². The first-order valence-electron chi connectivity index (χ1n) is 4.44. The lowest BCUT2D eigenvalue weighted by atomic mass is 10.2. The first-order chi connectivity index (χ1) is 6.24. The number of hydrogen-bond donors (Lipinski definition) is 1. The van der Waals surface area contributed by atoms with Gasteiger partial charge in [0.1, 0.15) is 0 Å². The monoisotopic (exact) mass is 213 g/mol. The van der Waals surface area contributed by atoms with Crippen LogP contribution >= 0.6 is 22.9 Å². The summed E-state index contributed by atoms with van der Waals surface area (Å²) in [6.07, 6.45) is 5.56. The van der Waals surface area contributed by atoms with Gasteiger partial charge in [-0.05, 0) is 37.5 Å². The standard InChI is InChI=1S/C10H12ClNS/c11-10-4-3-9(13-10)6-7-1-2-8(12)5-7/h3-4,6,8H,1-2,5,12H2. The third-order valence-electron chi connectivity index (χ3n) is 2.30. The van der Waals surface area contributed by atoms with Gasteiger partial charge in [-0.15, -0.1) is 11.3 Å². The topological polar surface area (TPSA) is 26.0 Å². The molecule has 2 rings (SSSR count). The maximum Gasteiger partial charge on any atom is 0.0934 e. The summed E-state index contributed by atoms with van der Waals surface area (Å²) >= 11 is 7.46. The Balaban J connectivity index is 2.12. The van der Waals surface area contributed by atoms with Gasteiger partial charge in [0, 0.05) is 10.9 Å². The molecule has 1 nitrogen and oxygen atoms in total. The largest absolute Gasteiger partial charge is 0.327 e. The second-order valence-electron chi connectivity index (χ2n) is 3.45.